The minimum absolute atomic E-state index is 0.0987. The molecule has 0 spiro atoms. The first-order valence-corrected chi connectivity index (χ1v) is 12.3. The molecule has 6 nitrogen and oxygen atoms in total. The number of halogens is 2. The number of ether oxygens (including phenoxy) is 2. The van der Waals surface area contributed by atoms with Gasteiger partial charge in [0.2, 0.25) is 0 Å². The standard InChI is InChI=1S/C26H20ClFN2O4S2/c1-15-3-6-17(7-4-15)29-24(31)14-34-21-10-5-16(11-22(21)33-2)12-23-25(32)30(26(35)36-23)18-8-9-20(28)19(27)13-18/h3-13H,14H2,1-2H3,(H,29,31)/b23-12+. The number of amides is 2. The molecule has 2 amide bonds. The lowest BCUT2D eigenvalue weighted by atomic mass is 10.1. The molecule has 36 heavy (non-hydrogen) atoms. The van der Waals surface area contributed by atoms with Crippen LogP contribution < -0.4 is 19.7 Å². The number of hydrogen-bond donors (Lipinski definition) is 1. The van der Waals surface area contributed by atoms with Crippen molar-refractivity contribution in [1.29, 1.82) is 0 Å². The first-order chi connectivity index (χ1) is 17.2. The molecule has 0 atom stereocenters. The van der Waals surface area contributed by atoms with E-state index in [4.69, 9.17) is 33.3 Å². The van der Waals surface area contributed by atoms with Crippen LogP contribution in [0.25, 0.3) is 6.08 Å². The number of nitrogens with zero attached hydrogens (tertiary/aromatic N) is 1. The predicted molar refractivity (Wildman–Crippen MR) is 145 cm³/mol. The Kier molecular flexibility index (Phi) is 7.93. The van der Waals surface area contributed by atoms with Crippen LogP contribution in [0.1, 0.15) is 11.1 Å². The van der Waals surface area contributed by atoms with Gasteiger partial charge in [0.25, 0.3) is 11.8 Å². The number of thioether (sulfide) groups is 1. The molecule has 1 aliphatic rings. The van der Waals surface area contributed by atoms with E-state index in [0.717, 1.165) is 17.3 Å². The first kappa shape index (κ1) is 25.7. The van der Waals surface area contributed by atoms with Crippen LogP contribution in [0.3, 0.4) is 0 Å². The third-order valence-corrected chi connectivity index (χ3v) is 6.73. The number of methoxy groups -OCH3 is 1. The third kappa shape index (κ3) is 5.87. The number of aryl methyl sites for hydroxylation is 1. The smallest absolute Gasteiger partial charge is 0.270 e. The molecule has 0 bridgehead atoms. The number of carbonyl (C=O) groups excluding carboxylic acids is 2. The summed E-state index contributed by atoms with van der Waals surface area (Å²) in [6, 6.07) is 16.5. The Morgan fingerprint density at radius 1 is 1.14 bits per heavy atom. The molecule has 0 unspecified atom stereocenters. The summed E-state index contributed by atoms with van der Waals surface area (Å²) < 4.78 is 24.9. The Morgan fingerprint density at radius 2 is 1.89 bits per heavy atom. The molecular formula is C26H20ClFN2O4S2. The minimum atomic E-state index is -0.580. The third-order valence-electron chi connectivity index (χ3n) is 5.13. The van der Waals surface area contributed by atoms with Crippen LogP contribution in [-0.2, 0) is 9.59 Å². The molecule has 0 saturated carbocycles. The summed E-state index contributed by atoms with van der Waals surface area (Å²) in [7, 11) is 1.48. The molecule has 4 rings (SSSR count). The fourth-order valence-corrected chi connectivity index (χ4v) is 4.81. The summed E-state index contributed by atoms with van der Waals surface area (Å²) in [5.41, 5.74) is 2.83. The lowest BCUT2D eigenvalue weighted by Gasteiger charge is -2.14. The van der Waals surface area contributed by atoms with E-state index < -0.39 is 5.82 Å². The summed E-state index contributed by atoms with van der Waals surface area (Å²) >= 11 is 12.3. The second-order valence-corrected chi connectivity index (χ2v) is 9.81. The van der Waals surface area contributed by atoms with Crippen LogP contribution in [0.2, 0.25) is 5.02 Å². The van der Waals surface area contributed by atoms with Crippen LogP contribution in [0.5, 0.6) is 11.5 Å². The molecule has 1 fully saturated rings. The largest absolute Gasteiger partial charge is 0.493 e. The van der Waals surface area contributed by atoms with Crippen molar-refractivity contribution in [3.63, 3.8) is 0 Å². The molecule has 1 saturated heterocycles. The molecule has 1 aliphatic heterocycles. The van der Waals surface area contributed by atoms with Gasteiger partial charge >= 0.3 is 0 Å². The van der Waals surface area contributed by atoms with E-state index in [9.17, 15) is 14.0 Å². The number of nitrogens with one attached hydrogen (secondary N) is 1. The van der Waals surface area contributed by atoms with Crippen molar-refractivity contribution in [3.8, 4) is 11.5 Å². The van der Waals surface area contributed by atoms with Gasteiger partial charge in [0.05, 0.1) is 22.7 Å². The first-order valence-electron chi connectivity index (χ1n) is 10.7. The Balaban J connectivity index is 1.45. The molecule has 1 heterocycles. The fraction of sp³-hybridized carbons (Fsp3) is 0.115. The lowest BCUT2D eigenvalue weighted by Crippen LogP contribution is -2.27. The molecule has 184 valence electrons. The SMILES string of the molecule is COc1cc(/C=C2/SC(=S)N(c3ccc(F)c(Cl)c3)C2=O)ccc1OCC(=O)Nc1ccc(C)cc1. The molecule has 1 N–H and O–H groups in total. The van der Waals surface area contributed by atoms with Crippen LogP contribution in [0.4, 0.5) is 15.8 Å². The van der Waals surface area contributed by atoms with E-state index in [-0.39, 0.29) is 23.4 Å². The van der Waals surface area contributed by atoms with Gasteiger partial charge < -0.3 is 14.8 Å². The monoisotopic (exact) mass is 542 g/mol. The topological polar surface area (TPSA) is 67.9 Å². The van der Waals surface area contributed by atoms with Crippen LogP contribution in [0, 0.1) is 12.7 Å². The van der Waals surface area contributed by atoms with Gasteiger partial charge in [-0.1, -0.05) is 59.3 Å². The number of anilines is 2. The summed E-state index contributed by atoms with van der Waals surface area (Å²) in [5, 5.41) is 2.67. The Bertz CT molecular complexity index is 1380. The van der Waals surface area contributed by atoms with Gasteiger partial charge in [-0.2, -0.15) is 0 Å². The quantitative estimate of drug-likeness (QED) is 0.282. The lowest BCUT2D eigenvalue weighted by molar-refractivity contribution is -0.118. The van der Waals surface area contributed by atoms with Crippen molar-refractivity contribution in [3.05, 3.63) is 87.5 Å². The van der Waals surface area contributed by atoms with E-state index in [1.165, 1.54) is 30.2 Å². The van der Waals surface area contributed by atoms with Gasteiger partial charge in [0, 0.05) is 5.69 Å². The normalized spacial score (nSPS) is 14.3. The van der Waals surface area contributed by atoms with Crippen molar-refractivity contribution in [2.45, 2.75) is 6.92 Å². The van der Waals surface area contributed by atoms with Gasteiger partial charge in [0.15, 0.2) is 22.4 Å². The molecule has 0 radical (unpaired) electrons. The molecular weight excluding hydrogens is 523 g/mol. The van der Waals surface area contributed by atoms with E-state index in [1.807, 2.05) is 31.2 Å². The molecule has 0 aliphatic carbocycles. The molecule has 0 aromatic heterocycles. The highest BCUT2D eigenvalue weighted by molar-refractivity contribution is 8.27. The molecule has 3 aromatic carbocycles. The van der Waals surface area contributed by atoms with Crippen molar-refractivity contribution >= 4 is 69.2 Å². The van der Waals surface area contributed by atoms with Gasteiger partial charge in [-0.05, 0) is 61.0 Å². The van der Waals surface area contributed by atoms with Crippen LogP contribution in [0.15, 0.2) is 65.6 Å². The highest BCUT2D eigenvalue weighted by Gasteiger charge is 2.33. The maximum Gasteiger partial charge on any atom is 0.270 e. The number of thiocarbonyl (C=S) groups is 1. The highest BCUT2D eigenvalue weighted by Crippen LogP contribution is 2.38. The molecule has 3 aromatic rings. The Labute approximate surface area is 222 Å². The van der Waals surface area contributed by atoms with Crippen molar-refractivity contribution < 1.29 is 23.5 Å². The zero-order valence-corrected chi connectivity index (χ0v) is 21.6. The van der Waals surface area contributed by atoms with Crippen molar-refractivity contribution in [2.24, 2.45) is 0 Å². The van der Waals surface area contributed by atoms with Crippen molar-refractivity contribution in [2.75, 3.05) is 23.9 Å². The second-order valence-electron chi connectivity index (χ2n) is 7.73. The van der Waals surface area contributed by atoms with Gasteiger partial charge in [-0.3, -0.25) is 14.5 Å². The van der Waals surface area contributed by atoms with Crippen LogP contribution in [-0.4, -0.2) is 29.9 Å². The maximum absolute atomic E-state index is 13.5. The van der Waals surface area contributed by atoms with Gasteiger partial charge in [-0.25, -0.2) is 4.39 Å². The number of hydrogen-bond acceptors (Lipinski definition) is 6. The summed E-state index contributed by atoms with van der Waals surface area (Å²) in [5.74, 6) is -0.465. The Hall–Kier alpha value is -3.40. The zero-order chi connectivity index (χ0) is 25.8. The second kappa shape index (κ2) is 11.1. The average Bonchev–Trinajstić information content (AvgIpc) is 3.13. The van der Waals surface area contributed by atoms with E-state index >= 15 is 0 Å². The highest BCUT2D eigenvalue weighted by atomic mass is 35.5. The van der Waals surface area contributed by atoms with E-state index in [1.54, 1.807) is 24.3 Å². The van der Waals surface area contributed by atoms with E-state index in [2.05, 4.69) is 5.32 Å². The van der Waals surface area contributed by atoms with Gasteiger partial charge in [0.1, 0.15) is 5.82 Å². The number of rotatable bonds is 7. The van der Waals surface area contributed by atoms with Crippen LogP contribution >= 0.6 is 35.6 Å². The van der Waals surface area contributed by atoms with E-state index in [0.29, 0.717) is 37.7 Å². The van der Waals surface area contributed by atoms with Crippen molar-refractivity contribution in [1.82, 2.24) is 0 Å². The number of carbonyl (C=O) groups is 2. The zero-order valence-electron chi connectivity index (χ0n) is 19.2. The average molecular weight is 543 g/mol. The van der Waals surface area contributed by atoms with Gasteiger partial charge in [-0.15, -0.1) is 0 Å². The summed E-state index contributed by atoms with van der Waals surface area (Å²) in [6.07, 6.45) is 1.67. The minimum Gasteiger partial charge on any atom is -0.493 e. The summed E-state index contributed by atoms with van der Waals surface area (Å²) in [6.45, 7) is 1.76. The maximum atomic E-state index is 13.5. The Morgan fingerprint density at radius 3 is 2.58 bits per heavy atom. The fourth-order valence-electron chi connectivity index (χ4n) is 3.34. The predicted octanol–water partition coefficient (Wildman–Crippen LogP) is 6.22. The summed E-state index contributed by atoms with van der Waals surface area (Å²) in [4.78, 5) is 26.9. The number of benzene rings is 3. The molecule has 10 heteroatoms.